The van der Waals surface area contributed by atoms with Gasteiger partial charge in [-0.05, 0) is 24.1 Å². The van der Waals surface area contributed by atoms with Crippen LogP contribution in [0.1, 0.15) is 12.5 Å². The van der Waals surface area contributed by atoms with E-state index in [-0.39, 0.29) is 13.5 Å². The first-order valence-corrected chi connectivity index (χ1v) is 3.11. The van der Waals surface area contributed by atoms with Crippen LogP contribution in [0.5, 0.6) is 5.75 Å². The third-order valence-corrected chi connectivity index (χ3v) is 1.34. The molecule has 0 amide bonds. The third kappa shape index (κ3) is 2.31. The Morgan fingerprint density at radius 2 is 1.70 bits per heavy atom. The number of aryl methyl sites for hydroxylation is 1. The molecule has 0 atom stereocenters. The van der Waals surface area contributed by atoms with Gasteiger partial charge >= 0.3 is 0 Å². The lowest BCUT2D eigenvalue weighted by molar-refractivity contribution is 0.475. The molecular weight excluding hydrogens is 144 g/mol. The van der Waals surface area contributed by atoms with Gasteiger partial charge in [0.2, 0.25) is 0 Å². The van der Waals surface area contributed by atoms with Gasteiger partial charge < -0.3 is 5.11 Å². The van der Waals surface area contributed by atoms with Crippen LogP contribution >= 0.6 is 13.5 Å². The van der Waals surface area contributed by atoms with Gasteiger partial charge in [0.1, 0.15) is 5.75 Å². The smallest absolute Gasteiger partial charge is 0.115 e. The number of benzene rings is 1. The molecule has 2 heteroatoms. The fraction of sp³-hybridized carbons (Fsp3) is 0.250. The minimum atomic E-state index is 0. The Labute approximate surface area is 68.1 Å². The first-order chi connectivity index (χ1) is 4.33. The monoisotopic (exact) mass is 156 g/mol. The van der Waals surface area contributed by atoms with Crippen LogP contribution in [0, 0.1) is 0 Å². The summed E-state index contributed by atoms with van der Waals surface area (Å²) < 4.78 is 0. The minimum absolute atomic E-state index is 0. The number of phenols is 1. The van der Waals surface area contributed by atoms with Gasteiger partial charge in [0.25, 0.3) is 0 Å². The number of phenolic OH excluding ortho intramolecular Hbond substituents is 1. The molecule has 0 bridgehead atoms. The van der Waals surface area contributed by atoms with Crippen molar-refractivity contribution in [3.63, 3.8) is 0 Å². The molecule has 0 aliphatic rings. The molecule has 0 aromatic heterocycles. The van der Waals surface area contributed by atoms with Crippen LogP contribution in [0.15, 0.2) is 24.3 Å². The van der Waals surface area contributed by atoms with E-state index in [0.717, 1.165) is 6.42 Å². The van der Waals surface area contributed by atoms with Crippen molar-refractivity contribution in [1.29, 1.82) is 0 Å². The largest absolute Gasteiger partial charge is 0.508 e. The molecule has 0 radical (unpaired) electrons. The molecule has 0 spiro atoms. The zero-order chi connectivity index (χ0) is 6.69. The second kappa shape index (κ2) is 4.23. The summed E-state index contributed by atoms with van der Waals surface area (Å²) >= 11 is 0. The van der Waals surface area contributed by atoms with E-state index >= 15 is 0 Å². The highest BCUT2D eigenvalue weighted by Gasteiger charge is 1.86. The van der Waals surface area contributed by atoms with Crippen LogP contribution in [0.4, 0.5) is 0 Å². The summed E-state index contributed by atoms with van der Waals surface area (Å²) in [5.41, 5.74) is 1.26. The Balaban J connectivity index is 0.000000810. The molecule has 0 unspecified atom stereocenters. The predicted octanol–water partition coefficient (Wildman–Crippen LogP) is 2.07. The maximum Gasteiger partial charge on any atom is 0.115 e. The average molecular weight is 156 g/mol. The van der Waals surface area contributed by atoms with Gasteiger partial charge in [-0.15, -0.1) is 0 Å². The number of rotatable bonds is 1. The summed E-state index contributed by atoms with van der Waals surface area (Å²) in [6.07, 6.45) is 1.03. The van der Waals surface area contributed by atoms with Crippen LogP contribution < -0.4 is 0 Å². The van der Waals surface area contributed by atoms with Crippen molar-refractivity contribution in [2.45, 2.75) is 13.3 Å². The highest BCUT2D eigenvalue weighted by atomic mass is 32.1. The molecule has 1 nitrogen and oxygen atoms in total. The highest BCUT2D eigenvalue weighted by Crippen LogP contribution is 2.09. The van der Waals surface area contributed by atoms with E-state index in [0.29, 0.717) is 5.75 Å². The molecule has 0 aliphatic heterocycles. The minimum Gasteiger partial charge on any atom is -0.508 e. The van der Waals surface area contributed by atoms with E-state index in [1.54, 1.807) is 12.1 Å². The van der Waals surface area contributed by atoms with Crippen molar-refractivity contribution in [2.24, 2.45) is 0 Å². The van der Waals surface area contributed by atoms with Gasteiger partial charge in [-0.1, -0.05) is 19.1 Å². The molecule has 1 aromatic carbocycles. The zero-order valence-electron chi connectivity index (χ0n) is 5.96. The molecule has 0 heterocycles. The Hall–Kier alpha value is -0.630. The first-order valence-electron chi connectivity index (χ1n) is 3.11. The lowest BCUT2D eigenvalue weighted by atomic mass is 10.2. The quantitative estimate of drug-likeness (QED) is 0.660. The standard InChI is InChI=1S/C8H10O.H2S/c1-2-7-3-5-8(9)6-4-7;/h3-6,9H,2H2,1H3;1H2. The summed E-state index contributed by atoms with van der Waals surface area (Å²) in [5, 5.41) is 8.85. The van der Waals surface area contributed by atoms with E-state index in [1.807, 2.05) is 12.1 Å². The van der Waals surface area contributed by atoms with Gasteiger partial charge in [-0.25, -0.2) is 0 Å². The van der Waals surface area contributed by atoms with Crippen LogP contribution in [0.25, 0.3) is 0 Å². The van der Waals surface area contributed by atoms with E-state index < -0.39 is 0 Å². The molecule has 1 rings (SSSR count). The van der Waals surface area contributed by atoms with Crippen molar-refractivity contribution in [1.82, 2.24) is 0 Å². The zero-order valence-corrected chi connectivity index (χ0v) is 6.96. The number of hydrogen-bond donors (Lipinski definition) is 1. The van der Waals surface area contributed by atoms with Crippen LogP contribution in [0.3, 0.4) is 0 Å². The fourth-order valence-electron chi connectivity index (χ4n) is 0.732. The molecule has 0 aliphatic carbocycles. The lowest BCUT2D eigenvalue weighted by Gasteiger charge is -1.93. The van der Waals surface area contributed by atoms with Gasteiger partial charge in [0.05, 0.1) is 0 Å². The van der Waals surface area contributed by atoms with E-state index in [1.165, 1.54) is 5.56 Å². The molecule has 0 saturated heterocycles. The Bertz CT molecular complexity index is 181. The third-order valence-electron chi connectivity index (χ3n) is 1.34. The molecular formula is C8H12OS. The average Bonchev–Trinajstić information content (AvgIpc) is 1.90. The normalized spacial score (nSPS) is 8.50. The van der Waals surface area contributed by atoms with E-state index in [9.17, 15) is 0 Å². The van der Waals surface area contributed by atoms with E-state index in [4.69, 9.17) is 5.11 Å². The second-order valence-electron chi connectivity index (χ2n) is 2.02. The summed E-state index contributed by atoms with van der Waals surface area (Å²) in [5.74, 6) is 0.340. The molecule has 0 fully saturated rings. The van der Waals surface area contributed by atoms with Crippen molar-refractivity contribution in [3.8, 4) is 5.75 Å². The highest BCUT2D eigenvalue weighted by molar-refractivity contribution is 7.59. The fourth-order valence-corrected chi connectivity index (χ4v) is 0.732. The summed E-state index contributed by atoms with van der Waals surface area (Å²) in [6.45, 7) is 2.09. The van der Waals surface area contributed by atoms with Gasteiger partial charge in [-0.2, -0.15) is 13.5 Å². The Morgan fingerprint density at radius 1 is 1.20 bits per heavy atom. The predicted molar refractivity (Wildman–Crippen MR) is 47.9 cm³/mol. The lowest BCUT2D eigenvalue weighted by Crippen LogP contribution is -1.75. The summed E-state index contributed by atoms with van der Waals surface area (Å²) in [6, 6.07) is 7.27. The first kappa shape index (κ1) is 9.37. The van der Waals surface area contributed by atoms with Crippen LogP contribution in [0.2, 0.25) is 0 Å². The number of hydrogen-bond acceptors (Lipinski definition) is 1. The van der Waals surface area contributed by atoms with Crippen molar-refractivity contribution in [2.75, 3.05) is 0 Å². The van der Waals surface area contributed by atoms with Crippen molar-refractivity contribution < 1.29 is 5.11 Å². The Kier molecular flexibility index (Phi) is 3.96. The molecule has 56 valence electrons. The molecule has 10 heavy (non-hydrogen) atoms. The van der Waals surface area contributed by atoms with Crippen LogP contribution in [-0.4, -0.2) is 5.11 Å². The molecule has 1 N–H and O–H groups in total. The van der Waals surface area contributed by atoms with Crippen molar-refractivity contribution in [3.05, 3.63) is 29.8 Å². The second-order valence-corrected chi connectivity index (χ2v) is 2.02. The van der Waals surface area contributed by atoms with E-state index in [2.05, 4.69) is 6.92 Å². The SMILES string of the molecule is CCc1ccc(O)cc1.S. The molecule has 1 aromatic rings. The van der Waals surface area contributed by atoms with Crippen molar-refractivity contribution >= 4 is 13.5 Å². The van der Waals surface area contributed by atoms with Gasteiger partial charge in [-0.3, -0.25) is 0 Å². The van der Waals surface area contributed by atoms with Crippen LogP contribution in [-0.2, 0) is 6.42 Å². The topological polar surface area (TPSA) is 20.2 Å². The Morgan fingerprint density at radius 3 is 2.10 bits per heavy atom. The van der Waals surface area contributed by atoms with Gasteiger partial charge in [0.15, 0.2) is 0 Å². The summed E-state index contributed by atoms with van der Waals surface area (Å²) in [7, 11) is 0. The van der Waals surface area contributed by atoms with Gasteiger partial charge in [0, 0.05) is 0 Å². The maximum absolute atomic E-state index is 8.85. The number of aromatic hydroxyl groups is 1. The summed E-state index contributed by atoms with van der Waals surface area (Å²) in [4.78, 5) is 0. The molecule has 0 saturated carbocycles. The maximum atomic E-state index is 8.85.